The van der Waals surface area contributed by atoms with E-state index >= 15 is 0 Å². The Morgan fingerprint density at radius 3 is 2.03 bits per heavy atom. The van der Waals surface area contributed by atoms with Crippen molar-refractivity contribution in [2.24, 2.45) is 5.92 Å². The van der Waals surface area contributed by atoms with Crippen LogP contribution in [0.2, 0.25) is 0 Å². The standard InChI is InChI=1S/C33H22N2O2/c1-33-17-9-8-13-26(33)32(37)25-19-20(18-24-30(25)35(33)29-16-7-4-12-23(29)31(24)36)34-27-14-5-2-10-21(27)22-11-3-6-15-28(22)34/h2-19,26H,1H3. The van der Waals surface area contributed by atoms with Crippen LogP contribution in [0.15, 0.2) is 114 Å². The third kappa shape index (κ3) is 2.47. The molecule has 176 valence electrons. The van der Waals surface area contributed by atoms with Gasteiger partial charge in [-0.2, -0.15) is 0 Å². The van der Waals surface area contributed by atoms with E-state index in [0.717, 1.165) is 38.5 Å². The number of fused-ring (bicyclic) bond motifs is 7. The van der Waals surface area contributed by atoms with Gasteiger partial charge in [0.05, 0.1) is 33.5 Å². The number of benzene rings is 4. The highest BCUT2D eigenvalue weighted by Gasteiger charge is 2.45. The van der Waals surface area contributed by atoms with Gasteiger partial charge in [0, 0.05) is 32.8 Å². The van der Waals surface area contributed by atoms with Crippen molar-refractivity contribution in [1.82, 2.24) is 9.13 Å². The highest BCUT2D eigenvalue weighted by molar-refractivity contribution is 6.15. The molecule has 2 aliphatic rings. The number of hydrogen-bond acceptors (Lipinski definition) is 2. The molecule has 1 aliphatic carbocycles. The first-order valence-corrected chi connectivity index (χ1v) is 12.6. The van der Waals surface area contributed by atoms with Gasteiger partial charge in [0.1, 0.15) is 0 Å². The first kappa shape index (κ1) is 20.5. The van der Waals surface area contributed by atoms with Gasteiger partial charge in [-0.1, -0.05) is 72.8 Å². The molecule has 6 aromatic rings. The van der Waals surface area contributed by atoms with Crippen molar-refractivity contribution in [3.05, 3.63) is 125 Å². The van der Waals surface area contributed by atoms with E-state index in [1.54, 1.807) is 0 Å². The number of nitrogens with zero attached hydrogens (tertiary/aromatic N) is 2. The van der Waals surface area contributed by atoms with Crippen molar-refractivity contribution in [2.45, 2.75) is 12.5 Å². The molecule has 0 N–H and O–H groups in total. The summed E-state index contributed by atoms with van der Waals surface area (Å²) >= 11 is 0. The molecule has 2 atom stereocenters. The normalized spacial score (nSPS) is 20.4. The third-order valence-corrected chi connectivity index (χ3v) is 8.30. The second-order valence-corrected chi connectivity index (χ2v) is 10.3. The fourth-order valence-electron chi connectivity index (χ4n) is 6.64. The number of Topliss-reactive ketones (excluding diaryl/α,β-unsaturated/α-hetero) is 1. The maximum Gasteiger partial charge on any atom is 0.197 e. The van der Waals surface area contributed by atoms with E-state index in [9.17, 15) is 9.59 Å². The monoisotopic (exact) mass is 478 g/mol. The lowest BCUT2D eigenvalue weighted by atomic mass is 9.73. The van der Waals surface area contributed by atoms with Crippen molar-refractivity contribution in [3.63, 3.8) is 0 Å². The molecule has 4 heteroatoms. The van der Waals surface area contributed by atoms with Crippen LogP contribution in [0.3, 0.4) is 0 Å². The second-order valence-electron chi connectivity index (χ2n) is 10.3. The van der Waals surface area contributed by atoms with Crippen LogP contribution in [0.5, 0.6) is 0 Å². The first-order valence-electron chi connectivity index (χ1n) is 12.6. The number of carbonyl (C=O) groups excluding carboxylic acids is 1. The number of hydrogen-bond donors (Lipinski definition) is 0. The quantitative estimate of drug-likeness (QED) is 0.241. The van der Waals surface area contributed by atoms with Gasteiger partial charge >= 0.3 is 0 Å². The van der Waals surface area contributed by atoms with Crippen LogP contribution in [0.4, 0.5) is 0 Å². The van der Waals surface area contributed by atoms with Crippen LogP contribution in [0, 0.1) is 5.92 Å². The molecular weight excluding hydrogens is 456 g/mol. The zero-order valence-electron chi connectivity index (χ0n) is 20.2. The van der Waals surface area contributed by atoms with Gasteiger partial charge in [-0.05, 0) is 43.3 Å². The predicted molar refractivity (Wildman–Crippen MR) is 150 cm³/mol. The van der Waals surface area contributed by atoms with Crippen molar-refractivity contribution >= 4 is 49.4 Å². The Labute approximate surface area is 212 Å². The lowest BCUT2D eigenvalue weighted by Gasteiger charge is -2.42. The lowest BCUT2D eigenvalue weighted by Crippen LogP contribution is -2.45. The largest absolute Gasteiger partial charge is 0.329 e. The summed E-state index contributed by atoms with van der Waals surface area (Å²) in [6.07, 6.45) is 8.04. The summed E-state index contributed by atoms with van der Waals surface area (Å²) < 4.78 is 4.40. The Hall–Kier alpha value is -4.70. The summed E-state index contributed by atoms with van der Waals surface area (Å²) in [7, 11) is 0. The zero-order valence-corrected chi connectivity index (χ0v) is 20.2. The Balaban J connectivity index is 1.60. The van der Waals surface area contributed by atoms with Crippen LogP contribution in [0.25, 0.3) is 49.3 Å². The summed E-state index contributed by atoms with van der Waals surface area (Å²) in [5.74, 6) is -0.307. The molecule has 0 spiro atoms. The first-order chi connectivity index (χ1) is 18.1. The summed E-state index contributed by atoms with van der Waals surface area (Å²) in [5.41, 5.74) is 4.44. The molecule has 0 radical (unpaired) electrons. The van der Waals surface area contributed by atoms with E-state index in [4.69, 9.17) is 0 Å². The lowest BCUT2D eigenvalue weighted by molar-refractivity contribution is 0.0873. The van der Waals surface area contributed by atoms with Gasteiger partial charge in [-0.25, -0.2) is 0 Å². The molecular formula is C33H22N2O2. The van der Waals surface area contributed by atoms with E-state index < -0.39 is 5.54 Å². The molecule has 3 heterocycles. The van der Waals surface area contributed by atoms with E-state index in [1.165, 1.54) is 0 Å². The summed E-state index contributed by atoms with van der Waals surface area (Å²) in [5, 5.41) is 3.52. The summed E-state index contributed by atoms with van der Waals surface area (Å²) in [4.78, 5) is 28.1. The van der Waals surface area contributed by atoms with Crippen LogP contribution in [-0.4, -0.2) is 14.9 Å². The Kier molecular flexibility index (Phi) is 3.85. The molecule has 0 amide bonds. The predicted octanol–water partition coefficient (Wildman–Crippen LogP) is 6.91. The Morgan fingerprint density at radius 2 is 1.32 bits per heavy atom. The average molecular weight is 479 g/mol. The molecule has 37 heavy (non-hydrogen) atoms. The minimum atomic E-state index is -0.598. The third-order valence-electron chi connectivity index (χ3n) is 8.30. The van der Waals surface area contributed by atoms with Crippen molar-refractivity contribution in [2.75, 3.05) is 0 Å². The number of aromatic nitrogens is 2. The number of rotatable bonds is 1. The van der Waals surface area contributed by atoms with Gasteiger partial charge in [0.2, 0.25) is 0 Å². The number of carbonyl (C=O) groups is 1. The maximum absolute atomic E-state index is 14.1. The molecule has 2 unspecified atom stereocenters. The number of para-hydroxylation sites is 3. The summed E-state index contributed by atoms with van der Waals surface area (Å²) in [6, 6.07) is 28.3. The van der Waals surface area contributed by atoms with Gasteiger partial charge in [-0.15, -0.1) is 0 Å². The Bertz CT molecular complexity index is 2050. The highest BCUT2D eigenvalue weighted by atomic mass is 16.1. The van der Waals surface area contributed by atoms with Crippen LogP contribution in [-0.2, 0) is 5.54 Å². The fraction of sp³-hybridized carbons (Fsp3) is 0.0909. The van der Waals surface area contributed by atoms with Crippen LogP contribution < -0.4 is 5.43 Å². The van der Waals surface area contributed by atoms with Crippen molar-refractivity contribution in [3.8, 4) is 5.69 Å². The van der Waals surface area contributed by atoms with E-state index in [1.807, 2.05) is 78.9 Å². The second kappa shape index (κ2) is 6.95. The zero-order chi connectivity index (χ0) is 24.9. The smallest absolute Gasteiger partial charge is 0.197 e. The van der Waals surface area contributed by atoms with Crippen LogP contribution in [0.1, 0.15) is 17.3 Å². The number of allylic oxidation sites excluding steroid dienone is 4. The molecule has 0 bridgehead atoms. The maximum atomic E-state index is 14.1. The van der Waals surface area contributed by atoms with Crippen molar-refractivity contribution < 1.29 is 4.79 Å². The van der Waals surface area contributed by atoms with Crippen LogP contribution >= 0.6 is 0 Å². The molecule has 4 nitrogen and oxygen atoms in total. The van der Waals surface area contributed by atoms with E-state index in [2.05, 4.69) is 46.4 Å². The minimum Gasteiger partial charge on any atom is -0.329 e. The van der Waals surface area contributed by atoms with E-state index in [-0.39, 0.29) is 17.1 Å². The van der Waals surface area contributed by atoms with Gasteiger partial charge in [0.15, 0.2) is 11.2 Å². The van der Waals surface area contributed by atoms with Gasteiger partial charge in [0.25, 0.3) is 0 Å². The molecule has 2 aromatic heterocycles. The average Bonchev–Trinajstić information content (AvgIpc) is 3.27. The van der Waals surface area contributed by atoms with Crippen molar-refractivity contribution in [1.29, 1.82) is 0 Å². The number of pyridine rings is 1. The SMILES string of the molecule is CC12C=CC=CC1C(=O)c1cc(-n3c4ccccc4c4ccccc43)cc3c(=O)c4ccccc4n2c13. The molecule has 8 rings (SSSR count). The highest BCUT2D eigenvalue weighted by Crippen LogP contribution is 2.45. The van der Waals surface area contributed by atoms with Gasteiger partial charge in [-0.3, -0.25) is 9.59 Å². The Morgan fingerprint density at radius 1 is 0.703 bits per heavy atom. The molecule has 0 saturated heterocycles. The summed E-state index contributed by atoms with van der Waals surface area (Å²) in [6.45, 7) is 2.09. The van der Waals surface area contributed by atoms with E-state index in [0.29, 0.717) is 16.3 Å². The topological polar surface area (TPSA) is 44.0 Å². The minimum absolute atomic E-state index is 0.0455. The molecule has 4 aromatic carbocycles. The fourth-order valence-corrected chi connectivity index (χ4v) is 6.64. The van der Waals surface area contributed by atoms with Gasteiger partial charge < -0.3 is 9.13 Å². The molecule has 1 aliphatic heterocycles. The molecule has 0 saturated carbocycles. The molecule has 0 fully saturated rings. The number of ketones is 1.